The lowest BCUT2D eigenvalue weighted by atomic mass is 10.4. The number of nitrogens with one attached hydrogen (secondary N) is 1. The summed E-state index contributed by atoms with van der Waals surface area (Å²) in [6.45, 7) is 0. The second-order valence-corrected chi connectivity index (χ2v) is 2.68. The third kappa shape index (κ3) is 2.31. The van der Waals surface area contributed by atoms with Crippen LogP contribution in [-0.4, -0.2) is 25.8 Å². The highest BCUT2D eigenvalue weighted by atomic mass is 16.1. The van der Waals surface area contributed by atoms with Crippen molar-refractivity contribution in [1.82, 2.24) is 19.9 Å². The zero-order valence-corrected chi connectivity index (χ0v) is 7.66. The molecular formula is C9H7N5O. The monoisotopic (exact) mass is 201 g/mol. The lowest BCUT2D eigenvalue weighted by Gasteiger charge is -2.01. The van der Waals surface area contributed by atoms with Crippen LogP contribution in [0.2, 0.25) is 0 Å². The van der Waals surface area contributed by atoms with Gasteiger partial charge in [-0.05, 0) is 6.07 Å². The summed E-state index contributed by atoms with van der Waals surface area (Å²) < 4.78 is 0. The molecule has 6 heteroatoms. The molecule has 2 heterocycles. The van der Waals surface area contributed by atoms with Crippen LogP contribution in [0.3, 0.4) is 0 Å². The first-order chi connectivity index (χ1) is 7.36. The average molecular weight is 201 g/mol. The molecule has 0 radical (unpaired) electrons. The summed E-state index contributed by atoms with van der Waals surface area (Å²) in [5.41, 5.74) is 0.829. The van der Waals surface area contributed by atoms with E-state index in [1.54, 1.807) is 0 Å². The van der Waals surface area contributed by atoms with Crippen LogP contribution in [0, 0.1) is 0 Å². The Morgan fingerprint density at radius 3 is 2.60 bits per heavy atom. The zero-order chi connectivity index (χ0) is 10.5. The first-order valence-electron chi connectivity index (χ1n) is 4.18. The summed E-state index contributed by atoms with van der Waals surface area (Å²) in [5, 5.41) is 2.60. The van der Waals surface area contributed by atoms with Crippen molar-refractivity contribution in [3.05, 3.63) is 43.0 Å². The number of carbonyl (C=O) groups is 1. The number of nitrogens with zero attached hydrogens (tertiary/aromatic N) is 4. The van der Waals surface area contributed by atoms with E-state index in [-0.39, 0.29) is 5.91 Å². The van der Waals surface area contributed by atoms with Gasteiger partial charge in [-0.2, -0.15) is 0 Å². The fourth-order valence-electron chi connectivity index (χ4n) is 0.984. The van der Waals surface area contributed by atoms with E-state index < -0.39 is 0 Å². The Kier molecular flexibility index (Phi) is 2.59. The Labute approximate surface area is 85.4 Å². The molecule has 6 nitrogen and oxygen atoms in total. The molecule has 1 N–H and O–H groups in total. The largest absolute Gasteiger partial charge is 0.318 e. The van der Waals surface area contributed by atoms with Gasteiger partial charge in [0, 0.05) is 6.20 Å². The van der Waals surface area contributed by atoms with Gasteiger partial charge in [0.1, 0.15) is 18.3 Å². The van der Waals surface area contributed by atoms with Crippen molar-refractivity contribution in [3.8, 4) is 0 Å². The highest BCUT2D eigenvalue weighted by Crippen LogP contribution is 2.02. The van der Waals surface area contributed by atoms with E-state index in [1.807, 2.05) is 0 Å². The Balaban J connectivity index is 2.12. The minimum atomic E-state index is -0.313. The van der Waals surface area contributed by atoms with E-state index in [1.165, 1.54) is 37.3 Å². The molecule has 0 bridgehead atoms. The number of rotatable bonds is 2. The molecule has 15 heavy (non-hydrogen) atoms. The molecule has 0 aliphatic heterocycles. The standard InChI is InChI=1S/C9H7N5O/c15-9(8-1-2-10-6-13-8)14-7-3-11-5-12-4-7/h1-6H,(H,14,15). The van der Waals surface area contributed by atoms with Crippen LogP contribution in [0.15, 0.2) is 37.3 Å². The summed E-state index contributed by atoms with van der Waals surface area (Å²) in [4.78, 5) is 26.6. The second-order valence-electron chi connectivity index (χ2n) is 2.68. The van der Waals surface area contributed by atoms with E-state index in [4.69, 9.17) is 0 Å². The first-order valence-corrected chi connectivity index (χ1v) is 4.18. The van der Waals surface area contributed by atoms with E-state index >= 15 is 0 Å². The minimum absolute atomic E-state index is 0.300. The molecule has 0 spiro atoms. The molecule has 0 unspecified atom stereocenters. The third-order valence-electron chi connectivity index (χ3n) is 1.63. The van der Waals surface area contributed by atoms with Crippen molar-refractivity contribution in [2.45, 2.75) is 0 Å². The van der Waals surface area contributed by atoms with Gasteiger partial charge in [-0.3, -0.25) is 4.79 Å². The van der Waals surface area contributed by atoms with Gasteiger partial charge in [-0.25, -0.2) is 19.9 Å². The molecule has 0 saturated carbocycles. The van der Waals surface area contributed by atoms with E-state index in [2.05, 4.69) is 25.3 Å². The SMILES string of the molecule is O=C(Nc1cncnc1)c1ccncn1. The summed E-state index contributed by atoms with van der Waals surface area (Å²) in [7, 11) is 0. The molecule has 2 aromatic heterocycles. The zero-order valence-electron chi connectivity index (χ0n) is 7.66. The summed E-state index contributed by atoms with van der Waals surface area (Å²) in [6, 6.07) is 1.53. The predicted molar refractivity (Wildman–Crippen MR) is 52.0 cm³/mol. The topological polar surface area (TPSA) is 80.7 Å². The lowest BCUT2D eigenvalue weighted by molar-refractivity contribution is 0.102. The Morgan fingerprint density at radius 1 is 1.13 bits per heavy atom. The van der Waals surface area contributed by atoms with E-state index in [0.717, 1.165) is 0 Å². The fourth-order valence-corrected chi connectivity index (χ4v) is 0.984. The predicted octanol–water partition coefficient (Wildman–Crippen LogP) is 0.519. The number of aromatic nitrogens is 4. The van der Waals surface area contributed by atoms with E-state index in [0.29, 0.717) is 11.4 Å². The molecule has 2 rings (SSSR count). The highest BCUT2D eigenvalue weighted by Gasteiger charge is 2.06. The number of carbonyl (C=O) groups excluding carboxylic acids is 1. The Morgan fingerprint density at radius 2 is 1.93 bits per heavy atom. The Hall–Kier alpha value is -2.37. The maximum absolute atomic E-state index is 11.6. The van der Waals surface area contributed by atoms with Crippen LogP contribution in [0.1, 0.15) is 10.5 Å². The van der Waals surface area contributed by atoms with Gasteiger partial charge in [0.05, 0.1) is 18.1 Å². The Bertz CT molecular complexity index is 445. The van der Waals surface area contributed by atoms with Crippen molar-refractivity contribution in [2.75, 3.05) is 5.32 Å². The molecule has 2 aromatic rings. The minimum Gasteiger partial charge on any atom is -0.318 e. The number of hydrogen-bond donors (Lipinski definition) is 1. The van der Waals surface area contributed by atoms with Gasteiger partial charge >= 0.3 is 0 Å². The number of anilines is 1. The molecule has 0 fully saturated rings. The third-order valence-corrected chi connectivity index (χ3v) is 1.63. The van der Waals surface area contributed by atoms with Crippen molar-refractivity contribution < 1.29 is 4.79 Å². The number of hydrogen-bond acceptors (Lipinski definition) is 5. The molecule has 74 valence electrons. The van der Waals surface area contributed by atoms with Crippen molar-refractivity contribution in [2.24, 2.45) is 0 Å². The molecule has 0 aliphatic carbocycles. The molecule has 0 saturated heterocycles. The molecule has 0 aliphatic rings. The maximum Gasteiger partial charge on any atom is 0.274 e. The van der Waals surface area contributed by atoms with Gasteiger partial charge in [-0.15, -0.1) is 0 Å². The summed E-state index contributed by atoms with van der Waals surface area (Å²) in [6.07, 6.45) is 7.22. The summed E-state index contributed by atoms with van der Waals surface area (Å²) >= 11 is 0. The van der Waals surface area contributed by atoms with Crippen molar-refractivity contribution in [3.63, 3.8) is 0 Å². The van der Waals surface area contributed by atoms with Crippen LogP contribution < -0.4 is 5.32 Å². The van der Waals surface area contributed by atoms with Crippen LogP contribution in [0.5, 0.6) is 0 Å². The average Bonchev–Trinajstić information content (AvgIpc) is 2.31. The quantitative estimate of drug-likeness (QED) is 0.766. The smallest absolute Gasteiger partial charge is 0.274 e. The highest BCUT2D eigenvalue weighted by molar-refractivity contribution is 6.02. The van der Waals surface area contributed by atoms with Gasteiger partial charge in [0.15, 0.2) is 0 Å². The normalized spacial score (nSPS) is 9.60. The molecule has 1 amide bonds. The van der Waals surface area contributed by atoms with E-state index in [9.17, 15) is 4.79 Å². The first kappa shape index (κ1) is 9.20. The lowest BCUT2D eigenvalue weighted by Crippen LogP contribution is -2.13. The maximum atomic E-state index is 11.6. The van der Waals surface area contributed by atoms with Crippen LogP contribution >= 0.6 is 0 Å². The summed E-state index contributed by atoms with van der Waals surface area (Å²) in [5.74, 6) is -0.313. The molecular weight excluding hydrogens is 194 g/mol. The van der Waals surface area contributed by atoms with Crippen molar-refractivity contribution >= 4 is 11.6 Å². The van der Waals surface area contributed by atoms with Gasteiger partial charge < -0.3 is 5.32 Å². The van der Waals surface area contributed by atoms with Gasteiger partial charge in [-0.1, -0.05) is 0 Å². The van der Waals surface area contributed by atoms with Gasteiger partial charge in [0.25, 0.3) is 5.91 Å². The number of amides is 1. The second kappa shape index (κ2) is 4.23. The van der Waals surface area contributed by atoms with Crippen LogP contribution in [0.25, 0.3) is 0 Å². The molecule has 0 aromatic carbocycles. The fraction of sp³-hybridized carbons (Fsp3) is 0. The van der Waals surface area contributed by atoms with Crippen molar-refractivity contribution in [1.29, 1.82) is 0 Å². The van der Waals surface area contributed by atoms with Crippen LogP contribution in [0.4, 0.5) is 5.69 Å². The molecule has 0 atom stereocenters. The van der Waals surface area contributed by atoms with Gasteiger partial charge in [0.2, 0.25) is 0 Å². The van der Waals surface area contributed by atoms with Crippen LogP contribution in [-0.2, 0) is 0 Å².